The van der Waals surface area contributed by atoms with Crippen molar-refractivity contribution in [3.8, 4) is 0 Å². The Bertz CT molecular complexity index is 725. The van der Waals surface area contributed by atoms with Gasteiger partial charge >= 0.3 is 5.97 Å². The number of amides is 1. The third-order valence-corrected chi connectivity index (χ3v) is 5.04. The summed E-state index contributed by atoms with van der Waals surface area (Å²) in [6, 6.07) is -0.699. The van der Waals surface area contributed by atoms with Crippen LogP contribution < -0.4 is 0 Å². The number of carbonyl (C=O) groups is 3. The molecule has 0 bridgehead atoms. The molecule has 0 aliphatic heterocycles. The first kappa shape index (κ1) is 24.8. The van der Waals surface area contributed by atoms with Gasteiger partial charge in [-0.25, -0.2) is 4.79 Å². The van der Waals surface area contributed by atoms with Crippen LogP contribution in [0.4, 0.5) is 0 Å². The third kappa shape index (κ3) is 5.67. The summed E-state index contributed by atoms with van der Waals surface area (Å²) >= 11 is 0. The minimum atomic E-state index is -0.699. The van der Waals surface area contributed by atoms with Gasteiger partial charge < -0.3 is 23.7 Å². The second kappa shape index (κ2) is 11.7. The van der Waals surface area contributed by atoms with Gasteiger partial charge in [0, 0.05) is 44.7 Å². The van der Waals surface area contributed by atoms with Crippen LogP contribution in [0.5, 0.6) is 0 Å². The van der Waals surface area contributed by atoms with Gasteiger partial charge in [0.15, 0.2) is 5.78 Å². The number of Topliss-reactive ketones (excluding diaryl/α,β-unsaturated/α-hetero) is 1. The topological polar surface area (TPSA) is 87.1 Å². The highest BCUT2D eigenvalue weighted by Crippen LogP contribution is 2.25. The number of aromatic nitrogens is 1. The molecule has 1 unspecified atom stereocenters. The van der Waals surface area contributed by atoms with Gasteiger partial charge in [-0.15, -0.1) is 0 Å². The van der Waals surface area contributed by atoms with E-state index in [2.05, 4.69) is 0 Å². The monoisotopic (exact) mass is 410 g/mol. The fourth-order valence-corrected chi connectivity index (χ4v) is 3.59. The lowest BCUT2D eigenvalue weighted by atomic mass is 9.99. The van der Waals surface area contributed by atoms with E-state index >= 15 is 0 Å². The van der Waals surface area contributed by atoms with Crippen molar-refractivity contribution in [3.63, 3.8) is 0 Å². The van der Waals surface area contributed by atoms with Crippen molar-refractivity contribution in [2.75, 3.05) is 40.6 Å². The van der Waals surface area contributed by atoms with Gasteiger partial charge in [-0.2, -0.15) is 0 Å². The molecule has 0 saturated heterocycles. The first-order chi connectivity index (χ1) is 13.8. The highest BCUT2D eigenvalue weighted by atomic mass is 16.5. The summed E-state index contributed by atoms with van der Waals surface area (Å²) in [4.78, 5) is 39.7. The van der Waals surface area contributed by atoms with E-state index in [1.54, 1.807) is 25.3 Å². The number of rotatable bonds is 12. The molecule has 164 valence electrons. The van der Waals surface area contributed by atoms with Gasteiger partial charge in [0.05, 0.1) is 13.2 Å². The quantitative estimate of drug-likeness (QED) is 0.299. The van der Waals surface area contributed by atoms with Crippen molar-refractivity contribution in [1.82, 2.24) is 9.47 Å². The first-order valence-electron chi connectivity index (χ1n) is 9.94. The molecule has 0 spiro atoms. The van der Waals surface area contributed by atoms with E-state index in [0.29, 0.717) is 55.2 Å². The van der Waals surface area contributed by atoms with Crippen LogP contribution in [0.25, 0.3) is 0 Å². The van der Waals surface area contributed by atoms with Gasteiger partial charge in [-0.1, -0.05) is 0 Å². The van der Waals surface area contributed by atoms with Crippen LogP contribution in [0, 0.1) is 13.8 Å². The standard InChI is InChI=1S/C21H34N2O6/c1-8-22-15(4)18(14(3)19(22)21(26)28-7)20(25)16(5)23(17(24)13-27-6)11-10-12-29-9-2/h16H,8-13H2,1-7H3. The predicted molar refractivity (Wildman–Crippen MR) is 109 cm³/mol. The Hall–Kier alpha value is -2.19. The molecule has 1 amide bonds. The Morgan fingerprint density at radius 3 is 2.31 bits per heavy atom. The number of carbonyl (C=O) groups excluding carboxylic acids is 3. The van der Waals surface area contributed by atoms with E-state index in [0.717, 1.165) is 0 Å². The van der Waals surface area contributed by atoms with Crippen LogP contribution in [0.1, 0.15) is 59.3 Å². The molecule has 29 heavy (non-hydrogen) atoms. The second-order valence-electron chi connectivity index (χ2n) is 6.78. The molecule has 1 heterocycles. The maximum absolute atomic E-state index is 13.4. The molecule has 0 fully saturated rings. The van der Waals surface area contributed by atoms with E-state index in [4.69, 9.17) is 14.2 Å². The van der Waals surface area contributed by atoms with Crippen molar-refractivity contribution in [3.05, 3.63) is 22.5 Å². The summed E-state index contributed by atoms with van der Waals surface area (Å²) in [5, 5.41) is 0. The maximum Gasteiger partial charge on any atom is 0.354 e. The molecule has 0 saturated carbocycles. The molecule has 8 heteroatoms. The van der Waals surface area contributed by atoms with Gasteiger partial charge in [0.25, 0.3) is 0 Å². The van der Waals surface area contributed by atoms with Crippen molar-refractivity contribution in [2.24, 2.45) is 0 Å². The molecule has 0 aromatic carbocycles. The van der Waals surface area contributed by atoms with Gasteiger partial charge in [0.2, 0.25) is 5.91 Å². The van der Waals surface area contributed by atoms with E-state index in [1.807, 2.05) is 13.8 Å². The van der Waals surface area contributed by atoms with Gasteiger partial charge in [0.1, 0.15) is 12.3 Å². The lowest BCUT2D eigenvalue weighted by Crippen LogP contribution is -2.46. The van der Waals surface area contributed by atoms with Crippen LogP contribution in [-0.4, -0.2) is 73.8 Å². The number of hydrogen-bond donors (Lipinski definition) is 0. The minimum absolute atomic E-state index is 0.104. The van der Waals surface area contributed by atoms with Crippen LogP contribution in [0.3, 0.4) is 0 Å². The highest BCUT2D eigenvalue weighted by molar-refractivity contribution is 6.06. The first-order valence-corrected chi connectivity index (χ1v) is 9.94. The Balaban J connectivity index is 3.25. The van der Waals surface area contributed by atoms with Crippen LogP contribution in [0.2, 0.25) is 0 Å². The fraction of sp³-hybridized carbons (Fsp3) is 0.667. The molecule has 1 aromatic heterocycles. The van der Waals surface area contributed by atoms with E-state index in [-0.39, 0.29) is 18.3 Å². The van der Waals surface area contributed by atoms with Crippen LogP contribution >= 0.6 is 0 Å². The largest absolute Gasteiger partial charge is 0.464 e. The fourth-order valence-electron chi connectivity index (χ4n) is 3.59. The Morgan fingerprint density at radius 1 is 1.14 bits per heavy atom. The van der Waals surface area contributed by atoms with Crippen LogP contribution in [0.15, 0.2) is 0 Å². The minimum Gasteiger partial charge on any atom is -0.464 e. The van der Waals surface area contributed by atoms with Gasteiger partial charge in [-0.05, 0) is 46.6 Å². The predicted octanol–water partition coefficient (Wildman–Crippen LogP) is 2.38. The summed E-state index contributed by atoms with van der Waals surface area (Å²) in [7, 11) is 2.76. The molecular formula is C21H34N2O6. The second-order valence-corrected chi connectivity index (χ2v) is 6.78. The average molecular weight is 411 g/mol. The van der Waals surface area contributed by atoms with E-state index in [1.165, 1.54) is 19.1 Å². The van der Waals surface area contributed by atoms with Crippen molar-refractivity contribution in [1.29, 1.82) is 0 Å². The lowest BCUT2D eigenvalue weighted by Gasteiger charge is -2.28. The zero-order valence-electron chi connectivity index (χ0n) is 18.7. The van der Waals surface area contributed by atoms with E-state index in [9.17, 15) is 14.4 Å². The highest BCUT2D eigenvalue weighted by Gasteiger charge is 2.32. The molecule has 0 N–H and O–H groups in total. The summed E-state index contributed by atoms with van der Waals surface area (Å²) in [5.41, 5.74) is 2.09. The summed E-state index contributed by atoms with van der Waals surface area (Å²) in [6.07, 6.45) is 0.613. The number of esters is 1. The number of ether oxygens (including phenoxy) is 3. The zero-order valence-corrected chi connectivity index (χ0v) is 18.7. The molecule has 1 atom stereocenters. The number of nitrogens with zero attached hydrogens (tertiary/aromatic N) is 2. The molecule has 1 rings (SSSR count). The smallest absolute Gasteiger partial charge is 0.354 e. The number of hydrogen-bond acceptors (Lipinski definition) is 6. The molecule has 0 radical (unpaired) electrons. The molecule has 8 nitrogen and oxygen atoms in total. The lowest BCUT2D eigenvalue weighted by molar-refractivity contribution is -0.136. The number of methoxy groups -OCH3 is 2. The maximum atomic E-state index is 13.4. The number of ketones is 1. The zero-order chi connectivity index (χ0) is 22.1. The summed E-state index contributed by atoms with van der Waals surface area (Å²) < 4.78 is 17.0. The van der Waals surface area contributed by atoms with E-state index < -0.39 is 12.0 Å². The van der Waals surface area contributed by atoms with Crippen molar-refractivity contribution >= 4 is 17.7 Å². The third-order valence-electron chi connectivity index (χ3n) is 5.04. The Labute approximate surface area is 173 Å². The molecule has 1 aromatic rings. The molecular weight excluding hydrogens is 376 g/mol. The summed E-state index contributed by atoms with van der Waals surface area (Å²) in [5.74, 6) is -0.954. The Kier molecular flexibility index (Phi) is 10.0. The van der Waals surface area contributed by atoms with Crippen molar-refractivity contribution in [2.45, 2.75) is 53.6 Å². The molecule has 0 aliphatic rings. The summed E-state index contributed by atoms with van der Waals surface area (Å²) in [6.45, 7) is 11.0. The van der Waals surface area contributed by atoms with Crippen LogP contribution in [-0.2, 0) is 25.5 Å². The Morgan fingerprint density at radius 2 is 1.79 bits per heavy atom. The van der Waals surface area contributed by atoms with Crippen molar-refractivity contribution < 1.29 is 28.6 Å². The normalized spacial score (nSPS) is 12.0. The molecule has 0 aliphatic carbocycles. The van der Waals surface area contributed by atoms with Gasteiger partial charge in [-0.3, -0.25) is 9.59 Å². The SMILES string of the molecule is CCOCCCN(C(=O)COC)C(C)C(=O)c1c(C)c(C(=O)OC)n(CC)c1C. The average Bonchev–Trinajstić information content (AvgIpc) is 2.95.